The first-order valence-corrected chi connectivity index (χ1v) is 8.49. The summed E-state index contributed by atoms with van der Waals surface area (Å²) < 4.78 is 11.0. The molecule has 5 nitrogen and oxygen atoms in total. The van der Waals surface area contributed by atoms with Crippen molar-refractivity contribution in [2.24, 2.45) is 10.4 Å². The van der Waals surface area contributed by atoms with Crippen molar-refractivity contribution in [2.75, 3.05) is 40.0 Å². The van der Waals surface area contributed by atoms with E-state index in [9.17, 15) is 0 Å². The van der Waals surface area contributed by atoms with Crippen LogP contribution in [0.2, 0.25) is 0 Å². The van der Waals surface area contributed by atoms with Gasteiger partial charge in [0, 0.05) is 37.2 Å². The molecule has 0 aliphatic carbocycles. The third kappa shape index (κ3) is 3.61. The minimum Gasteiger partial charge on any atom is -0.496 e. The van der Waals surface area contributed by atoms with Crippen LogP contribution in [0.1, 0.15) is 25.3 Å². The molecule has 0 radical (unpaired) electrons. The van der Waals surface area contributed by atoms with Gasteiger partial charge >= 0.3 is 0 Å². The lowest BCUT2D eigenvalue weighted by Crippen LogP contribution is -2.41. The Morgan fingerprint density at radius 1 is 1.39 bits per heavy atom. The Labute approximate surface area is 138 Å². The highest BCUT2D eigenvalue weighted by Crippen LogP contribution is 2.38. The van der Waals surface area contributed by atoms with Crippen LogP contribution >= 0.6 is 0 Å². The third-order valence-corrected chi connectivity index (χ3v) is 4.85. The van der Waals surface area contributed by atoms with Gasteiger partial charge in [0.1, 0.15) is 5.75 Å². The minimum atomic E-state index is 0.348. The molecule has 1 atom stereocenters. The fourth-order valence-electron chi connectivity index (χ4n) is 3.51. The Balaban J connectivity index is 1.71. The van der Waals surface area contributed by atoms with Gasteiger partial charge in [0.05, 0.1) is 20.3 Å². The molecule has 1 spiro atoms. The van der Waals surface area contributed by atoms with E-state index in [0.29, 0.717) is 12.0 Å². The fraction of sp³-hybridized carbons (Fsp3) is 0.611. The molecule has 0 aromatic heterocycles. The van der Waals surface area contributed by atoms with Gasteiger partial charge in [-0.1, -0.05) is 18.2 Å². The molecule has 2 fully saturated rings. The number of benzene rings is 1. The van der Waals surface area contributed by atoms with Crippen LogP contribution in [-0.4, -0.2) is 50.8 Å². The zero-order chi connectivity index (χ0) is 16.1. The number of likely N-dealkylation sites (tertiary alicyclic amines) is 1. The molecule has 5 heteroatoms. The van der Waals surface area contributed by atoms with E-state index in [0.717, 1.165) is 50.1 Å². The Morgan fingerprint density at radius 3 is 3.00 bits per heavy atom. The molecule has 23 heavy (non-hydrogen) atoms. The lowest BCUT2D eigenvalue weighted by molar-refractivity contribution is 0.156. The average Bonchev–Trinajstić information content (AvgIpc) is 3.22. The summed E-state index contributed by atoms with van der Waals surface area (Å²) in [6.45, 7) is 7.53. The normalized spacial score (nSPS) is 24.4. The molecule has 126 valence electrons. The second-order valence-electron chi connectivity index (χ2n) is 6.46. The zero-order valence-electron chi connectivity index (χ0n) is 14.2. The standard InChI is InChI=1S/C18H27N3O2/c1-3-19-17(20-12-15-6-4-5-7-16(15)22-2)21-10-8-18(13-21)9-11-23-14-18/h4-7H,3,8-14H2,1-2H3,(H,19,20). The van der Waals surface area contributed by atoms with Crippen LogP contribution in [0.3, 0.4) is 0 Å². The Kier molecular flexibility index (Phi) is 5.06. The molecule has 0 bridgehead atoms. The first kappa shape index (κ1) is 16.1. The van der Waals surface area contributed by atoms with E-state index in [1.165, 1.54) is 12.8 Å². The maximum absolute atomic E-state index is 5.63. The Bertz CT molecular complexity index is 553. The summed E-state index contributed by atoms with van der Waals surface area (Å²) in [7, 11) is 1.71. The van der Waals surface area contributed by atoms with Gasteiger partial charge in [-0.15, -0.1) is 0 Å². The summed E-state index contributed by atoms with van der Waals surface area (Å²) in [5.74, 6) is 1.90. The van der Waals surface area contributed by atoms with Gasteiger partial charge in [0.2, 0.25) is 0 Å². The van der Waals surface area contributed by atoms with Crippen LogP contribution in [-0.2, 0) is 11.3 Å². The highest BCUT2D eigenvalue weighted by Gasteiger charge is 2.42. The van der Waals surface area contributed by atoms with Crippen LogP contribution in [0, 0.1) is 5.41 Å². The molecular weight excluding hydrogens is 290 g/mol. The van der Waals surface area contributed by atoms with E-state index >= 15 is 0 Å². The molecule has 0 amide bonds. The van der Waals surface area contributed by atoms with Gasteiger partial charge < -0.3 is 19.7 Å². The molecule has 1 unspecified atom stereocenters. The second kappa shape index (κ2) is 7.21. The first-order chi connectivity index (χ1) is 11.3. The molecule has 1 aromatic rings. The number of para-hydroxylation sites is 1. The second-order valence-corrected chi connectivity index (χ2v) is 6.46. The summed E-state index contributed by atoms with van der Waals surface area (Å²) in [6.07, 6.45) is 2.38. The van der Waals surface area contributed by atoms with Crippen LogP contribution < -0.4 is 10.1 Å². The van der Waals surface area contributed by atoms with Gasteiger partial charge in [-0.05, 0) is 25.8 Å². The van der Waals surface area contributed by atoms with Gasteiger partial charge in [0.15, 0.2) is 5.96 Å². The SMILES string of the molecule is CCNC(=NCc1ccccc1OC)N1CCC2(CCOC2)C1. The monoisotopic (exact) mass is 317 g/mol. The average molecular weight is 317 g/mol. The summed E-state index contributed by atoms with van der Waals surface area (Å²) in [5.41, 5.74) is 1.46. The summed E-state index contributed by atoms with van der Waals surface area (Å²) >= 11 is 0. The molecule has 2 aliphatic heterocycles. The minimum absolute atomic E-state index is 0.348. The quantitative estimate of drug-likeness (QED) is 0.683. The number of hydrogen-bond donors (Lipinski definition) is 1. The number of nitrogens with zero attached hydrogens (tertiary/aromatic N) is 2. The van der Waals surface area contributed by atoms with Crippen molar-refractivity contribution < 1.29 is 9.47 Å². The first-order valence-electron chi connectivity index (χ1n) is 8.49. The topological polar surface area (TPSA) is 46.1 Å². The van der Waals surface area contributed by atoms with Crippen molar-refractivity contribution in [3.05, 3.63) is 29.8 Å². The molecule has 2 aliphatic rings. The molecule has 1 N–H and O–H groups in total. The highest BCUT2D eigenvalue weighted by atomic mass is 16.5. The van der Waals surface area contributed by atoms with Crippen molar-refractivity contribution in [2.45, 2.75) is 26.3 Å². The van der Waals surface area contributed by atoms with Crippen LogP contribution in [0.15, 0.2) is 29.3 Å². The molecular formula is C18H27N3O2. The number of hydrogen-bond acceptors (Lipinski definition) is 3. The highest BCUT2D eigenvalue weighted by molar-refractivity contribution is 5.80. The molecule has 2 heterocycles. The number of rotatable bonds is 4. The van der Waals surface area contributed by atoms with Crippen molar-refractivity contribution in [1.29, 1.82) is 0 Å². The van der Waals surface area contributed by atoms with Crippen LogP contribution in [0.25, 0.3) is 0 Å². The number of guanidine groups is 1. The predicted octanol–water partition coefficient (Wildman–Crippen LogP) is 2.27. The zero-order valence-corrected chi connectivity index (χ0v) is 14.2. The smallest absolute Gasteiger partial charge is 0.194 e. The number of nitrogens with one attached hydrogen (secondary N) is 1. The fourth-order valence-corrected chi connectivity index (χ4v) is 3.51. The van der Waals surface area contributed by atoms with Crippen LogP contribution in [0.5, 0.6) is 5.75 Å². The molecule has 1 aromatic carbocycles. The van der Waals surface area contributed by atoms with E-state index < -0.39 is 0 Å². The van der Waals surface area contributed by atoms with Gasteiger partial charge in [-0.2, -0.15) is 0 Å². The predicted molar refractivity (Wildman–Crippen MR) is 91.9 cm³/mol. The summed E-state index contributed by atoms with van der Waals surface area (Å²) in [5, 5.41) is 3.43. The van der Waals surface area contributed by atoms with Crippen molar-refractivity contribution in [3.63, 3.8) is 0 Å². The van der Waals surface area contributed by atoms with Gasteiger partial charge in [-0.25, -0.2) is 4.99 Å². The van der Waals surface area contributed by atoms with E-state index in [-0.39, 0.29) is 0 Å². The molecule has 2 saturated heterocycles. The lowest BCUT2D eigenvalue weighted by Gasteiger charge is -2.25. The molecule has 3 rings (SSSR count). The third-order valence-electron chi connectivity index (χ3n) is 4.85. The maximum Gasteiger partial charge on any atom is 0.194 e. The largest absolute Gasteiger partial charge is 0.496 e. The van der Waals surface area contributed by atoms with E-state index in [4.69, 9.17) is 14.5 Å². The van der Waals surface area contributed by atoms with E-state index in [1.807, 2.05) is 18.2 Å². The number of methoxy groups -OCH3 is 1. The number of aliphatic imine (C=N–C) groups is 1. The Morgan fingerprint density at radius 2 is 2.26 bits per heavy atom. The lowest BCUT2D eigenvalue weighted by atomic mass is 9.87. The summed E-state index contributed by atoms with van der Waals surface area (Å²) in [4.78, 5) is 7.22. The maximum atomic E-state index is 5.63. The van der Waals surface area contributed by atoms with Gasteiger partial charge in [0.25, 0.3) is 0 Å². The Hall–Kier alpha value is -1.75. The summed E-state index contributed by atoms with van der Waals surface area (Å²) in [6, 6.07) is 8.07. The van der Waals surface area contributed by atoms with E-state index in [1.54, 1.807) is 7.11 Å². The van der Waals surface area contributed by atoms with Crippen molar-refractivity contribution in [1.82, 2.24) is 10.2 Å². The van der Waals surface area contributed by atoms with Crippen molar-refractivity contribution >= 4 is 5.96 Å². The van der Waals surface area contributed by atoms with Crippen LogP contribution in [0.4, 0.5) is 0 Å². The number of ether oxygens (including phenoxy) is 2. The van der Waals surface area contributed by atoms with Gasteiger partial charge in [-0.3, -0.25) is 0 Å². The molecule has 0 saturated carbocycles. The van der Waals surface area contributed by atoms with E-state index in [2.05, 4.69) is 23.2 Å². The van der Waals surface area contributed by atoms with Crippen molar-refractivity contribution in [3.8, 4) is 5.75 Å².